The van der Waals surface area contributed by atoms with E-state index in [1.54, 1.807) is 36.4 Å². The topological polar surface area (TPSA) is 101 Å². The highest BCUT2D eigenvalue weighted by molar-refractivity contribution is 5.75. The van der Waals surface area contributed by atoms with Gasteiger partial charge in [-0.3, -0.25) is 29.1 Å². The van der Waals surface area contributed by atoms with Gasteiger partial charge in [0.2, 0.25) is 0 Å². The molecule has 0 aromatic heterocycles. The second-order valence-corrected chi connectivity index (χ2v) is 9.94. The van der Waals surface area contributed by atoms with Gasteiger partial charge in [0.05, 0.1) is 19.6 Å². The largest absolute Gasteiger partial charge is 0.426 e. The number of nitrogens with one attached hydrogen (secondary N) is 1. The maximum Gasteiger partial charge on any atom is 0.325 e. The molecule has 1 fully saturated rings. The number of hydrogen-bond donors (Lipinski definition) is 1. The van der Waals surface area contributed by atoms with Gasteiger partial charge in [-0.25, -0.2) is 0 Å². The van der Waals surface area contributed by atoms with Gasteiger partial charge in [0.1, 0.15) is 17.2 Å². The Hall–Kier alpha value is -4.09. The molecule has 1 saturated heterocycles. The number of hydrogen-bond acceptors (Lipinski definition) is 10. The Bertz CT molecular complexity index is 1180. The number of rotatable bonds is 9. The maximum absolute atomic E-state index is 12.8. The van der Waals surface area contributed by atoms with Crippen molar-refractivity contribution in [1.82, 2.24) is 20.0 Å². The highest BCUT2D eigenvalue weighted by Gasteiger charge is 2.20. The minimum Gasteiger partial charge on any atom is -0.426 e. The Morgan fingerprint density at radius 1 is 0.476 bits per heavy atom. The molecule has 0 spiro atoms. The van der Waals surface area contributed by atoms with E-state index in [2.05, 4.69) is 5.32 Å². The maximum atomic E-state index is 12.8. The molecule has 0 atom stereocenters. The fourth-order valence-electron chi connectivity index (χ4n) is 4.48. The van der Waals surface area contributed by atoms with E-state index in [9.17, 15) is 14.4 Å². The van der Waals surface area contributed by atoms with Crippen LogP contribution in [0.5, 0.6) is 17.2 Å². The van der Waals surface area contributed by atoms with Gasteiger partial charge in [0, 0.05) is 52.4 Å². The van der Waals surface area contributed by atoms with Crippen molar-refractivity contribution in [3.63, 3.8) is 0 Å². The van der Waals surface area contributed by atoms with Gasteiger partial charge in [0.25, 0.3) is 0 Å². The lowest BCUT2D eigenvalue weighted by Crippen LogP contribution is -2.48. The number of benzene rings is 3. The van der Waals surface area contributed by atoms with Crippen LogP contribution in [0.4, 0.5) is 0 Å². The van der Waals surface area contributed by atoms with Gasteiger partial charge in [-0.2, -0.15) is 0 Å². The van der Waals surface area contributed by atoms with Crippen LogP contribution in [0.25, 0.3) is 0 Å². The zero-order valence-electron chi connectivity index (χ0n) is 23.7. The van der Waals surface area contributed by atoms with Crippen molar-refractivity contribution >= 4 is 17.9 Å². The van der Waals surface area contributed by atoms with Crippen molar-refractivity contribution in [2.24, 2.45) is 0 Å². The van der Waals surface area contributed by atoms with Crippen LogP contribution >= 0.6 is 0 Å². The van der Waals surface area contributed by atoms with Gasteiger partial charge in [0.15, 0.2) is 0 Å². The van der Waals surface area contributed by atoms with E-state index in [1.807, 2.05) is 69.3 Å². The molecule has 1 aliphatic rings. The Morgan fingerprint density at radius 3 is 1.07 bits per heavy atom. The van der Waals surface area contributed by atoms with Crippen molar-refractivity contribution in [2.75, 3.05) is 72.0 Å². The van der Waals surface area contributed by atoms with Gasteiger partial charge >= 0.3 is 17.9 Å². The second-order valence-electron chi connectivity index (χ2n) is 9.94. The van der Waals surface area contributed by atoms with Crippen LogP contribution in [0.3, 0.4) is 0 Å². The van der Waals surface area contributed by atoms with Crippen molar-refractivity contribution in [3.05, 3.63) is 91.0 Å². The van der Waals surface area contributed by atoms with Crippen LogP contribution in [-0.2, 0) is 14.4 Å². The first-order valence-electron chi connectivity index (χ1n) is 14.2. The van der Waals surface area contributed by atoms with E-state index in [0.29, 0.717) is 69.6 Å². The van der Waals surface area contributed by atoms with E-state index in [4.69, 9.17) is 14.2 Å². The molecule has 1 N–H and O–H groups in total. The monoisotopic (exact) mass is 574 g/mol. The summed E-state index contributed by atoms with van der Waals surface area (Å²) < 4.78 is 16.5. The first kappa shape index (κ1) is 30.9. The summed E-state index contributed by atoms with van der Waals surface area (Å²) >= 11 is 0. The minimum atomic E-state index is -0.375. The van der Waals surface area contributed by atoms with Gasteiger partial charge in [-0.05, 0) is 36.4 Å². The molecule has 0 bridgehead atoms. The van der Waals surface area contributed by atoms with Gasteiger partial charge in [-0.15, -0.1) is 0 Å². The van der Waals surface area contributed by atoms with Crippen molar-refractivity contribution in [3.8, 4) is 17.2 Å². The van der Waals surface area contributed by atoms with E-state index in [0.717, 1.165) is 0 Å². The van der Waals surface area contributed by atoms with Crippen LogP contribution in [0.2, 0.25) is 0 Å². The average Bonchev–Trinajstić information content (AvgIpc) is 2.98. The normalized spacial score (nSPS) is 16.0. The fraction of sp³-hybridized carbons (Fsp3) is 0.344. The third-order valence-electron chi connectivity index (χ3n) is 6.66. The number of carbonyl (C=O) groups excluding carboxylic acids is 3. The van der Waals surface area contributed by atoms with Crippen molar-refractivity contribution in [1.29, 1.82) is 0 Å². The summed E-state index contributed by atoms with van der Waals surface area (Å²) in [5.41, 5.74) is 0. The summed E-state index contributed by atoms with van der Waals surface area (Å²) in [4.78, 5) is 44.2. The van der Waals surface area contributed by atoms with Gasteiger partial charge < -0.3 is 19.5 Å². The fourth-order valence-corrected chi connectivity index (χ4v) is 4.48. The lowest BCUT2D eigenvalue weighted by atomic mass is 10.3. The molecule has 10 nitrogen and oxygen atoms in total. The molecule has 3 aromatic rings. The average molecular weight is 575 g/mol. The number of para-hydroxylation sites is 3. The Balaban J connectivity index is 1.37. The highest BCUT2D eigenvalue weighted by Crippen LogP contribution is 2.11. The van der Waals surface area contributed by atoms with Gasteiger partial charge in [-0.1, -0.05) is 54.6 Å². The summed E-state index contributed by atoms with van der Waals surface area (Å²) in [7, 11) is 0. The lowest BCUT2D eigenvalue weighted by Gasteiger charge is -2.30. The molecule has 3 aromatic carbocycles. The number of nitrogens with zero attached hydrogens (tertiary/aromatic N) is 3. The van der Waals surface area contributed by atoms with Crippen LogP contribution in [0.15, 0.2) is 91.0 Å². The first-order valence-corrected chi connectivity index (χ1v) is 14.2. The number of carbonyl (C=O) groups is 3. The molecule has 0 amide bonds. The van der Waals surface area contributed by atoms with Crippen LogP contribution < -0.4 is 19.5 Å². The van der Waals surface area contributed by atoms with E-state index in [-0.39, 0.29) is 37.5 Å². The SMILES string of the molecule is O=C(CN1CCNCCN(CC(=O)Oc2ccccc2)CCN(CC(=O)Oc2ccccc2)CC1)Oc1ccccc1. The molecule has 0 unspecified atom stereocenters. The lowest BCUT2D eigenvalue weighted by molar-refractivity contribution is -0.137. The molecular weight excluding hydrogens is 536 g/mol. The smallest absolute Gasteiger partial charge is 0.325 e. The summed E-state index contributed by atoms with van der Waals surface area (Å²) in [6.45, 7) is 4.96. The third-order valence-corrected chi connectivity index (χ3v) is 6.66. The second kappa shape index (κ2) is 17.0. The van der Waals surface area contributed by atoms with Crippen LogP contribution in [-0.4, -0.2) is 105 Å². The molecule has 0 aliphatic carbocycles. The van der Waals surface area contributed by atoms with E-state index < -0.39 is 0 Å². The molecule has 42 heavy (non-hydrogen) atoms. The van der Waals surface area contributed by atoms with E-state index >= 15 is 0 Å². The molecule has 0 saturated carbocycles. The van der Waals surface area contributed by atoms with Crippen LogP contribution in [0.1, 0.15) is 0 Å². The zero-order valence-corrected chi connectivity index (χ0v) is 23.7. The van der Waals surface area contributed by atoms with Crippen molar-refractivity contribution < 1.29 is 28.6 Å². The summed E-state index contributed by atoms with van der Waals surface area (Å²) in [6, 6.07) is 27.0. The highest BCUT2D eigenvalue weighted by atomic mass is 16.5. The molecule has 4 rings (SSSR count). The predicted molar refractivity (Wildman–Crippen MR) is 158 cm³/mol. The summed E-state index contributed by atoms with van der Waals surface area (Å²) in [6.07, 6.45) is 0. The first-order chi connectivity index (χ1) is 20.5. The number of ether oxygens (including phenoxy) is 3. The van der Waals surface area contributed by atoms with E-state index in [1.165, 1.54) is 0 Å². The molecular formula is C32H38N4O6. The van der Waals surface area contributed by atoms with Crippen LogP contribution in [0, 0.1) is 0 Å². The minimum absolute atomic E-state index is 0.0672. The molecule has 1 aliphatic heterocycles. The molecule has 1 heterocycles. The Kier molecular flexibility index (Phi) is 12.5. The zero-order chi connectivity index (χ0) is 29.4. The predicted octanol–water partition coefficient (Wildman–Crippen LogP) is 2.31. The van der Waals surface area contributed by atoms with Crippen molar-refractivity contribution in [2.45, 2.75) is 0 Å². The third kappa shape index (κ3) is 11.4. The molecule has 222 valence electrons. The summed E-state index contributed by atoms with van der Waals surface area (Å²) in [5.74, 6) is 0.439. The molecule has 0 radical (unpaired) electrons. The standard InChI is InChI=1S/C32H38N4O6/c37-30(40-27-10-4-1-5-11-27)24-34-18-16-33-17-19-35(25-31(38)41-28-12-6-2-7-13-28)21-23-36(22-20-34)26-32(39)42-29-14-8-3-9-15-29/h1-15,33H,16-26H2. The molecule has 10 heteroatoms. The Morgan fingerprint density at radius 2 is 0.762 bits per heavy atom. The summed E-state index contributed by atoms with van der Waals surface area (Å²) in [5, 5.41) is 3.40. The Labute approximate surface area is 246 Å². The number of esters is 3. The quantitative estimate of drug-likeness (QED) is 0.303.